The molecule has 0 spiro atoms. The largest absolute Gasteiger partial charge is 0.484 e. The van der Waals surface area contributed by atoms with Crippen molar-refractivity contribution in [3.05, 3.63) is 29.8 Å². The third-order valence-corrected chi connectivity index (χ3v) is 3.31. The van der Waals surface area contributed by atoms with Crippen molar-refractivity contribution in [2.24, 2.45) is 0 Å². The summed E-state index contributed by atoms with van der Waals surface area (Å²) in [7, 11) is 1.85. The van der Waals surface area contributed by atoms with Crippen molar-refractivity contribution in [1.82, 2.24) is 5.32 Å². The molecular formula is C14H19F2NO2. The van der Waals surface area contributed by atoms with Crippen LogP contribution in [0.3, 0.4) is 0 Å². The van der Waals surface area contributed by atoms with Crippen molar-refractivity contribution in [3.63, 3.8) is 0 Å². The van der Waals surface area contributed by atoms with Crippen LogP contribution in [0, 0.1) is 11.6 Å². The number of rotatable bonds is 6. The molecule has 1 saturated carbocycles. The smallest absolute Gasteiger partial charge is 0.165 e. The number of ether oxygens (including phenoxy) is 2. The summed E-state index contributed by atoms with van der Waals surface area (Å²) in [5, 5.41) is 3.13. The molecule has 3 atom stereocenters. The van der Waals surface area contributed by atoms with Crippen LogP contribution < -0.4 is 10.1 Å². The van der Waals surface area contributed by atoms with E-state index in [2.05, 4.69) is 5.32 Å². The van der Waals surface area contributed by atoms with Crippen molar-refractivity contribution in [3.8, 4) is 5.75 Å². The molecule has 0 bridgehead atoms. The molecule has 1 aliphatic rings. The van der Waals surface area contributed by atoms with E-state index in [0.717, 1.165) is 31.0 Å². The summed E-state index contributed by atoms with van der Waals surface area (Å²) in [6.07, 6.45) is 1.28. The second-order valence-electron chi connectivity index (χ2n) is 4.70. The van der Waals surface area contributed by atoms with E-state index in [1.54, 1.807) is 0 Å². The number of hydrogen-bond acceptors (Lipinski definition) is 3. The molecule has 1 N–H and O–H groups in total. The van der Waals surface area contributed by atoms with Crippen LogP contribution in [0.4, 0.5) is 8.78 Å². The highest BCUT2D eigenvalue weighted by Gasteiger charge is 2.43. The molecule has 106 valence electrons. The van der Waals surface area contributed by atoms with Crippen molar-refractivity contribution in [2.75, 3.05) is 13.7 Å². The maximum absolute atomic E-state index is 13.5. The van der Waals surface area contributed by atoms with Crippen LogP contribution in [-0.4, -0.2) is 31.9 Å². The zero-order valence-electron chi connectivity index (χ0n) is 11.2. The normalized spacial score (nSPS) is 26.0. The van der Waals surface area contributed by atoms with E-state index >= 15 is 0 Å². The minimum Gasteiger partial charge on any atom is -0.484 e. The highest BCUT2D eigenvalue weighted by molar-refractivity contribution is 5.25. The van der Waals surface area contributed by atoms with Gasteiger partial charge in [-0.2, -0.15) is 0 Å². The summed E-state index contributed by atoms with van der Waals surface area (Å²) in [5.41, 5.74) is 0. The molecule has 0 heterocycles. The van der Waals surface area contributed by atoms with Crippen molar-refractivity contribution >= 4 is 0 Å². The Hall–Kier alpha value is -1.20. The second kappa shape index (κ2) is 6.30. The summed E-state index contributed by atoms with van der Waals surface area (Å²) in [6, 6.07) is 3.41. The molecule has 3 nitrogen and oxygen atoms in total. The van der Waals surface area contributed by atoms with Crippen LogP contribution >= 0.6 is 0 Å². The summed E-state index contributed by atoms with van der Waals surface area (Å²) in [6.45, 7) is 2.66. The Morgan fingerprint density at radius 3 is 2.84 bits per heavy atom. The van der Waals surface area contributed by atoms with Crippen LogP contribution in [0.25, 0.3) is 0 Å². The van der Waals surface area contributed by atoms with Gasteiger partial charge in [-0.15, -0.1) is 0 Å². The van der Waals surface area contributed by atoms with Gasteiger partial charge in [0.05, 0.1) is 0 Å². The Morgan fingerprint density at radius 2 is 2.16 bits per heavy atom. The molecule has 5 heteroatoms. The van der Waals surface area contributed by atoms with Gasteiger partial charge in [-0.3, -0.25) is 0 Å². The number of nitrogens with one attached hydrogen (secondary N) is 1. The van der Waals surface area contributed by atoms with Crippen LogP contribution in [0.5, 0.6) is 5.75 Å². The molecule has 0 amide bonds. The molecule has 0 saturated heterocycles. The van der Waals surface area contributed by atoms with E-state index in [-0.39, 0.29) is 24.0 Å². The van der Waals surface area contributed by atoms with E-state index in [1.165, 1.54) is 0 Å². The molecule has 3 unspecified atom stereocenters. The third-order valence-electron chi connectivity index (χ3n) is 3.31. The number of hydrogen-bond donors (Lipinski definition) is 1. The second-order valence-corrected chi connectivity index (χ2v) is 4.70. The lowest BCUT2D eigenvalue weighted by atomic mass is 9.85. The summed E-state index contributed by atoms with van der Waals surface area (Å²) in [5.74, 6) is -1.11. The predicted molar refractivity (Wildman–Crippen MR) is 68.3 cm³/mol. The third kappa shape index (κ3) is 3.22. The van der Waals surface area contributed by atoms with E-state index in [1.807, 2.05) is 14.0 Å². The predicted octanol–water partition coefficient (Wildman–Crippen LogP) is 2.50. The molecule has 1 aromatic rings. The first-order valence-corrected chi connectivity index (χ1v) is 6.56. The van der Waals surface area contributed by atoms with Crippen molar-refractivity contribution in [2.45, 2.75) is 38.0 Å². The van der Waals surface area contributed by atoms with Gasteiger partial charge in [-0.05, 0) is 25.6 Å². The lowest BCUT2D eigenvalue weighted by Crippen LogP contribution is -2.60. The maximum Gasteiger partial charge on any atom is 0.165 e. The summed E-state index contributed by atoms with van der Waals surface area (Å²) < 4.78 is 37.8. The fraction of sp³-hybridized carbons (Fsp3) is 0.571. The van der Waals surface area contributed by atoms with Gasteiger partial charge < -0.3 is 14.8 Å². The van der Waals surface area contributed by atoms with Crippen molar-refractivity contribution in [1.29, 1.82) is 0 Å². The average molecular weight is 271 g/mol. The monoisotopic (exact) mass is 271 g/mol. The van der Waals surface area contributed by atoms with Gasteiger partial charge in [0.15, 0.2) is 11.6 Å². The quantitative estimate of drug-likeness (QED) is 0.862. The molecule has 1 aliphatic carbocycles. The first kappa shape index (κ1) is 14.2. The highest BCUT2D eigenvalue weighted by atomic mass is 19.1. The molecule has 1 fully saturated rings. The van der Waals surface area contributed by atoms with Crippen LogP contribution in [0.15, 0.2) is 18.2 Å². The SMILES string of the molecule is CCCOC1C(NC)CC1Oc1cc(F)ccc1F. The van der Waals surface area contributed by atoms with Gasteiger partial charge in [0, 0.05) is 25.1 Å². The maximum atomic E-state index is 13.5. The summed E-state index contributed by atoms with van der Waals surface area (Å²) in [4.78, 5) is 0. The first-order valence-electron chi connectivity index (χ1n) is 6.56. The van der Waals surface area contributed by atoms with E-state index in [9.17, 15) is 8.78 Å². The Morgan fingerprint density at radius 1 is 1.37 bits per heavy atom. The van der Waals surface area contributed by atoms with Gasteiger partial charge in [0.25, 0.3) is 0 Å². The Labute approximate surface area is 111 Å². The summed E-state index contributed by atoms with van der Waals surface area (Å²) >= 11 is 0. The molecule has 1 aromatic carbocycles. The standard InChI is InChI=1S/C14H19F2NO2/c1-3-6-18-14-11(17-2)8-13(14)19-12-7-9(15)4-5-10(12)16/h4-5,7,11,13-14,17H,3,6,8H2,1-2H3. The molecular weight excluding hydrogens is 252 g/mol. The zero-order chi connectivity index (χ0) is 13.8. The van der Waals surface area contributed by atoms with Gasteiger partial charge >= 0.3 is 0 Å². The topological polar surface area (TPSA) is 30.5 Å². The first-order chi connectivity index (χ1) is 9.15. The fourth-order valence-corrected chi connectivity index (χ4v) is 2.19. The Kier molecular flexibility index (Phi) is 4.71. The van der Waals surface area contributed by atoms with E-state index in [4.69, 9.17) is 9.47 Å². The molecule has 0 radical (unpaired) electrons. The molecule has 0 aliphatic heterocycles. The minimum absolute atomic E-state index is 0.0512. The van der Waals surface area contributed by atoms with Crippen molar-refractivity contribution < 1.29 is 18.3 Å². The van der Waals surface area contributed by atoms with E-state index in [0.29, 0.717) is 6.61 Å². The number of halogens is 2. The fourth-order valence-electron chi connectivity index (χ4n) is 2.19. The Balaban J connectivity index is 2.00. The number of likely N-dealkylation sites (N-methyl/N-ethyl adjacent to an activating group) is 1. The lowest BCUT2D eigenvalue weighted by Gasteiger charge is -2.43. The van der Waals surface area contributed by atoms with Gasteiger partial charge in [0.1, 0.15) is 18.0 Å². The van der Waals surface area contributed by atoms with Gasteiger partial charge in [0.2, 0.25) is 0 Å². The average Bonchev–Trinajstić information content (AvgIpc) is 2.38. The molecule has 2 rings (SSSR count). The highest BCUT2D eigenvalue weighted by Crippen LogP contribution is 2.30. The van der Waals surface area contributed by atoms with Gasteiger partial charge in [-0.1, -0.05) is 6.92 Å². The molecule has 0 aromatic heterocycles. The van der Waals surface area contributed by atoms with Crippen LogP contribution in [0.2, 0.25) is 0 Å². The molecule has 19 heavy (non-hydrogen) atoms. The van der Waals surface area contributed by atoms with E-state index < -0.39 is 11.6 Å². The lowest BCUT2D eigenvalue weighted by molar-refractivity contribution is -0.107. The Bertz CT molecular complexity index is 428. The number of benzene rings is 1. The van der Waals surface area contributed by atoms with Crippen LogP contribution in [0.1, 0.15) is 19.8 Å². The van der Waals surface area contributed by atoms with Gasteiger partial charge in [-0.25, -0.2) is 8.78 Å². The minimum atomic E-state index is -0.552. The zero-order valence-corrected chi connectivity index (χ0v) is 11.2. The van der Waals surface area contributed by atoms with Crippen LogP contribution in [-0.2, 0) is 4.74 Å².